The molecule has 0 radical (unpaired) electrons. The van der Waals surface area contributed by atoms with Crippen molar-refractivity contribution < 1.29 is 14.4 Å². The lowest BCUT2D eigenvalue weighted by Gasteiger charge is -2.14. The summed E-state index contributed by atoms with van der Waals surface area (Å²) in [5.41, 5.74) is 5.42. The molecule has 1 aromatic carbocycles. The molecule has 80 valence electrons. The first-order chi connectivity index (χ1) is 7.59. The van der Waals surface area contributed by atoms with Crippen molar-refractivity contribution in [3.8, 4) is 0 Å². The van der Waals surface area contributed by atoms with E-state index < -0.39 is 11.8 Å². The minimum Gasteiger partial charge on any atom is -0.351 e. The van der Waals surface area contributed by atoms with Gasteiger partial charge in [-0.3, -0.25) is 9.59 Å². The van der Waals surface area contributed by atoms with Crippen molar-refractivity contribution in [1.82, 2.24) is 5.32 Å². The van der Waals surface area contributed by atoms with Crippen LogP contribution in [-0.2, 0) is 0 Å². The number of primary amides is 1. The maximum absolute atomic E-state index is 11.8. The lowest BCUT2D eigenvalue weighted by atomic mass is 9.93. The molecular formula is C11H8N2O3. The van der Waals surface area contributed by atoms with E-state index in [0.29, 0.717) is 5.56 Å². The van der Waals surface area contributed by atoms with Crippen LogP contribution < -0.4 is 11.1 Å². The monoisotopic (exact) mass is 216 g/mol. The van der Waals surface area contributed by atoms with Gasteiger partial charge in [-0.15, -0.1) is 0 Å². The molecule has 2 rings (SSSR count). The van der Waals surface area contributed by atoms with Crippen LogP contribution in [-0.4, -0.2) is 17.6 Å². The van der Waals surface area contributed by atoms with Gasteiger partial charge in [-0.2, -0.15) is 0 Å². The van der Waals surface area contributed by atoms with Crippen molar-refractivity contribution in [3.63, 3.8) is 0 Å². The SMILES string of the molecule is NC(=O)NC1=CC(=O)c2ccccc2C1=O. The molecule has 0 atom stereocenters. The predicted molar refractivity (Wildman–Crippen MR) is 55.9 cm³/mol. The van der Waals surface area contributed by atoms with Crippen molar-refractivity contribution in [3.05, 3.63) is 47.2 Å². The van der Waals surface area contributed by atoms with E-state index >= 15 is 0 Å². The van der Waals surface area contributed by atoms with Crippen molar-refractivity contribution in [1.29, 1.82) is 0 Å². The number of ketones is 2. The first-order valence-electron chi connectivity index (χ1n) is 4.56. The van der Waals surface area contributed by atoms with Gasteiger partial charge in [0, 0.05) is 17.2 Å². The third kappa shape index (κ3) is 1.58. The molecule has 5 nitrogen and oxygen atoms in total. The number of Topliss-reactive ketones (excluding diaryl/α,β-unsaturated/α-hetero) is 1. The van der Waals surface area contributed by atoms with Gasteiger partial charge in [0.25, 0.3) is 0 Å². The number of amides is 2. The summed E-state index contributed by atoms with van der Waals surface area (Å²) in [6.45, 7) is 0. The summed E-state index contributed by atoms with van der Waals surface area (Å²) in [6, 6.07) is 5.55. The molecule has 0 unspecified atom stereocenters. The van der Waals surface area contributed by atoms with Gasteiger partial charge >= 0.3 is 6.03 Å². The summed E-state index contributed by atoms with van der Waals surface area (Å²) in [5.74, 6) is -0.729. The third-order valence-corrected chi connectivity index (χ3v) is 2.22. The number of hydrogen-bond acceptors (Lipinski definition) is 3. The zero-order valence-corrected chi connectivity index (χ0v) is 8.19. The molecule has 0 spiro atoms. The van der Waals surface area contributed by atoms with Crippen LogP contribution in [0.4, 0.5) is 4.79 Å². The van der Waals surface area contributed by atoms with Crippen LogP contribution in [0.15, 0.2) is 36.0 Å². The highest BCUT2D eigenvalue weighted by Crippen LogP contribution is 2.19. The number of hydrogen-bond donors (Lipinski definition) is 2. The lowest BCUT2D eigenvalue weighted by molar-refractivity contribution is 0.0979. The molecule has 0 saturated carbocycles. The molecule has 16 heavy (non-hydrogen) atoms. The zero-order chi connectivity index (χ0) is 11.7. The van der Waals surface area contributed by atoms with E-state index in [2.05, 4.69) is 5.32 Å². The second-order valence-corrected chi connectivity index (χ2v) is 3.29. The van der Waals surface area contributed by atoms with Gasteiger partial charge in [0.2, 0.25) is 5.78 Å². The predicted octanol–water partition coefficient (Wildman–Crippen LogP) is 0.618. The molecule has 5 heteroatoms. The Bertz CT molecular complexity index is 532. The summed E-state index contributed by atoms with van der Waals surface area (Å²) in [5, 5.41) is 2.13. The van der Waals surface area contributed by atoms with Crippen molar-refractivity contribution >= 4 is 17.6 Å². The van der Waals surface area contributed by atoms with Crippen molar-refractivity contribution in [2.75, 3.05) is 0 Å². The van der Waals surface area contributed by atoms with Crippen LogP contribution in [0.3, 0.4) is 0 Å². The number of rotatable bonds is 1. The number of nitrogens with two attached hydrogens (primary N) is 1. The number of benzene rings is 1. The van der Waals surface area contributed by atoms with Gasteiger partial charge in [-0.25, -0.2) is 4.79 Å². The largest absolute Gasteiger partial charge is 0.351 e. The molecule has 2 amide bonds. The molecule has 1 aromatic rings. The molecule has 0 aliphatic heterocycles. The molecule has 1 aliphatic rings. The number of nitrogens with one attached hydrogen (secondary N) is 1. The summed E-state index contributed by atoms with van der Waals surface area (Å²) in [7, 11) is 0. The maximum atomic E-state index is 11.8. The summed E-state index contributed by atoms with van der Waals surface area (Å²) in [6.07, 6.45) is 1.08. The Labute approximate surface area is 90.9 Å². The van der Waals surface area contributed by atoms with Crippen LogP contribution in [0, 0.1) is 0 Å². The number of urea groups is 1. The normalized spacial score (nSPS) is 14.1. The van der Waals surface area contributed by atoms with E-state index in [0.717, 1.165) is 6.08 Å². The Morgan fingerprint density at radius 1 is 1.12 bits per heavy atom. The Morgan fingerprint density at radius 3 is 2.38 bits per heavy atom. The van der Waals surface area contributed by atoms with Crippen molar-refractivity contribution in [2.45, 2.75) is 0 Å². The van der Waals surface area contributed by atoms with Gasteiger partial charge in [-0.05, 0) is 0 Å². The van der Waals surface area contributed by atoms with Gasteiger partial charge in [0.1, 0.15) is 0 Å². The van der Waals surface area contributed by atoms with E-state index in [1.165, 1.54) is 6.07 Å². The van der Waals surface area contributed by atoms with Gasteiger partial charge < -0.3 is 11.1 Å². The van der Waals surface area contributed by atoms with Crippen LogP contribution in [0.25, 0.3) is 0 Å². The van der Waals surface area contributed by atoms with E-state index in [1.807, 2.05) is 0 Å². The third-order valence-electron chi connectivity index (χ3n) is 2.22. The van der Waals surface area contributed by atoms with E-state index in [1.54, 1.807) is 18.2 Å². The first kappa shape index (κ1) is 10.1. The van der Waals surface area contributed by atoms with Gasteiger partial charge in [0.15, 0.2) is 5.78 Å². The van der Waals surface area contributed by atoms with Gasteiger partial charge in [0.05, 0.1) is 5.70 Å². The standard InChI is InChI=1S/C11H8N2O3/c12-11(16)13-8-5-9(14)6-3-1-2-4-7(6)10(8)15/h1-5H,(H3,12,13,16). The average Bonchev–Trinajstić information content (AvgIpc) is 2.25. The highest BCUT2D eigenvalue weighted by atomic mass is 16.2. The van der Waals surface area contributed by atoms with Crippen LogP contribution in [0.5, 0.6) is 0 Å². The van der Waals surface area contributed by atoms with Crippen LogP contribution in [0.2, 0.25) is 0 Å². The highest BCUT2D eigenvalue weighted by molar-refractivity contribution is 6.25. The minimum atomic E-state index is -0.869. The molecule has 0 saturated heterocycles. The molecule has 3 N–H and O–H groups in total. The van der Waals surface area contributed by atoms with Crippen LogP contribution in [0.1, 0.15) is 20.7 Å². The second kappa shape index (κ2) is 3.62. The quantitative estimate of drug-likeness (QED) is 0.721. The second-order valence-electron chi connectivity index (χ2n) is 3.29. The topological polar surface area (TPSA) is 89.3 Å². The number of allylic oxidation sites excluding steroid dienone is 2. The molecular weight excluding hydrogens is 208 g/mol. The van der Waals surface area contributed by atoms with Gasteiger partial charge in [-0.1, -0.05) is 24.3 Å². The highest BCUT2D eigenvalue weighted by Gasteiger charge is 2.25. The minimum absolute atomic E-state index is 0.0869. The number of carbonyl (C=O) groups is 3. The lowest BCUT2D eigenvalue weighted by Crippen LogP contribution is -2.34. The van der Waals surface area contributed by atoms with Crippen molar-refractivity contribution in [2.24, 2.45) is 5.73 Å². The molecule has 1 aliphatic carbocycles. The van der Waals surface area contributed by atoms with Crippen LogP contribution >= 0.6 is 0 Å². The Balaban J connectivity index is 2.47. The zero-order valence-electron chi connectivity index (χ0n) is 8.19. The summed E-state index contributed by atoms with van der Waals surface area (Å²) < 4.78 is 0. The molecule has 0 heterocycles. The Kier molecular flexibility index (Phi) is 2.28. The molecule has 0 bridgehead atoms. The average molecular weight is 216 g/mol. The first-order valence-corrected chi connectivity index (χ1v) is 4.56. The maximum Gasteiger partial charge on any atom is 0.316 e. The summed E-state index contributed by atoms with van der Waals surface area (Å²) >= 11 is 0. The fourth-order valence-electron chi connectivity index (χ4n) is 1.54. The Morgan fingerprint density at radius 2 is 1.75 bits per heavy atom. The number of carbonyl (C=O) groups excluding carboxylic acids is 3. The fraction of sp³-hybridized carbons (Fsp3) is 0. The summed E-state index contributed by atoms with van der Waals surface area (Å²) in [4.78, 5) is 34.0. The van der Waals surface area contributed by atoms with E-state index in [9.17, 15) is 14.4 Å². The van der Waals surface area contributed by atoms with E-state index in [-0.39, 0.29) is 17.0 Å². The molecule has 0 fully saturated rings. The number of fused-ring (bicyclic) bond motifs is 1. The Hall–Kier alpha value is -2.43. The fourth-order valence-corrected chi connectivity index (χ4v) is 1.54. The smallest absolute Gasteiger partial charge is 0.316 e. The molecule has 0 aromatic heterocycles. The van der Waals surface area contributed by atoms with E-state index in [4.69, 9.17) is 5.73 Å².